The summed E-state index contributed by atoms with van der Waals surface area (Å²) in [5, 5.41) is 0. The molecule has 0 bridgehead atoms. The maximum atomic E-state index is 5.99. The van der Waals surface area contributed by atoms with Crippen LogP contribution in [0, 0.1) is 0 Å². The molecule has 0 unspecified atom stereocenters. The van der Waals surface area contributed by atoms with Gasteiger partial charge < -0.3 is 14.9 Å². The van der Waals surface area contributed by atoms with Gasteiger partial charge in [-0.2, -0.15) is 0 Å². The van der Waals surface area contributed by atoms with Crippen molar-refractivity contribution in [1.82, 2.24) is 5.43 Å². The van der Waals surface area contributed by atoms with Crippen molar-refractivity contribution in [1.29, 1.82) is 0 Å². The highest BCUT2D eigenvalue weighted by Crippen LogP contribution is 2.34. The molecule has 0 aliphatic heterocycles. The van der Waals surface area contributed by atoms with Crippen molar-refractivity contribution in [2.45, 2.75) is 20.1 Å². The summed E-state index contributed by atoms with van der Waals surface area (Å²) in [6, 6.07) is 24.1. The highest BCUT2D eigenvalue weighted by molar-refractivity contribution is 9.10. The zero-order valence-electron chi connectivity index (χ0n) is 15.2. The van der Waals surface area contributed by atoms with Crippen molar-refractivity contribution < 1.29 is 9.47 Å². The fourth-order valence-electron chi connectivity index (χ4n) is 2.59. The molecule has 0 radical (unpaired) electrons. The van der Waals surface area contributed by atoms with Gasteiger partial charge in [-0.05, 0) is 42.3 Å². The fourth-order valence-corrected chi connectivity index (χ4v) is 3.05. The molecule has 5 heteroatoms. The summed E-state index contributed by atoms with van der Waals surface area (Å²) in [4.78, 5) is 0. The summed E-state index contributed by atoms with van der Waals surface area (Å²) < 4.78 is 12.8. The van der Waals surface area contributed by atoms with Crippen molar-refractivity contribution in [3.63, 3.8) is 0 Å². The van der Waals surface area contributed by atoms with E-state index in [1.54, 1.807) is 0 Å². The van der Waals surface area contributed by atoms with E-state index in [4.69, 9.17) is 9.47 Å². The lowest BCUT2D eigenvalue weighted by atomic mass is 10.2. The average Bonchev–Trinajstić information content (AvgIpc) is 2.71. The minimum atomic E-state index is 0.501. The van der Waals surface area contributed by atoms with Gasteiger partial charge in [0.2, 0.25) is 0 Å². The van der Waals surface area contributed by atoms with E-state index < -0.39 is 0 Å². The zero-order valence-corrected chi connectivity index (χ0v) is 16.8. The van der Waals surface area contributed by atoms with Gasteiger partial charge in [0.15, 0.2) is 11.5 Å². The summed E-state index contributed by atoms with van der Waals surface area (Å²) in [7, 11) is 0. The van der Waals surface area contributed by atoms with Gasteiger partial charge in [0.05, 0.1) is 6.61 Å². The number of rotatable bonds is 9. The van der Waals surface area contributed by atoms with E-state index >= 15 is 0 Å². The normalized spacial score (nSPS) is 10.4. The molecule has 3 aromatic carbocycles. The Balaban J connectivity index is 1.67. The topological polar surface area (TPSA) is 42.5 Å². The average molecular weight is 427 g/mol. The van der Waals surface area contributed by atoms with Gasteiger partial charge in [-0.15, -0.1) is 0 Å². The van der Waals surface area contributed by atoms with Crippen LogP contribution in [0.1, 0.15) is 18.1 Å². The van der Waals surface area contributed by atoms with E-state index in [9.17, 15) is 0 Å². The first kappa shape index (κ1) is 19.3. The molecule has 140 valence electrons. The van der Waals surface area contributed by atoms with E-state index in [0.717, 1.165) is 32.8 Å². The number of nitrogens with one attached hydrogen (secondary N) is 2. The summed E-state index contributed by atoms with van der Waals surface area (Å²) >= 11 is 3.64. The molecule has 0 spiro atoms. The Morgan fingerprint density at radius 2 is 1.52 bits per heavy atom. The third-order valence-corrected chi connectivity index (χ3v) is 4.67. The molecule has 3 rings (SSSR count). The summed E-state index contributed by atoms with van der Waals surface area (Å²) in [5.41, 5.74) is 9.63. The van der Waals surface area contributed by atoms with Crippen LogP contribution in [-0.2, 0) is 13.2 Å². The van der Waals surface area contributed by atoms with Crippen LogP contribution >= 0.6 is 15.9 Å². The molecule has 0 saturated heterocycles. The van der Waals surface area contributed by atoms with Crippen molar-refractivity contribution in [3.05, 3.63) is 88.4 Å². The predicted molar refractivity (Wildman–Crippen MR) is 113 cm³/mol. The molecule has 0 saturated carbocycles. The van der Waals surface area contributed by atoms with Gasteiger partial charge in [0, 0.05) is 16.7 Å². The number of hydrogen-bond donors (Lipinski definition) is 2. The monoisotopic (exact) mass is 426 g/mol. The molecule has 27 heavy (non-hydrogen) atoms. The summed E-state index contributed by atoms with van der Waals surface area (Å²) in [6.07, 6.45) is 0. The van der Waals surface area contributed by atoms with Gasteiger partial charge >= 0.3 is 0 Å². The first-order valence-electron chi connectivity index (χ1n) is 8.92. The zero-order chi connectivity index (χ0) is 18.9. The fraction of sp³-hybridized carbons (Fsp3) is 0.182. The van der Waals surface area contributed by atoms with Gasteiger partial charge in [-0.25, -0.2) is 5.43 Å². The quantitative estimate of drug-likeness (QED) is 0.440. The van der Waals surface area contributed by atoms with Crippen LogP contribution in [0.15, 0.2) is 77.3 Å². The molecule has 2 N–H and O–H groups in total. The highest BCUT2D eigenvalue weighted by atomic mass is 79.9. The number of ether oxygens (including phenoxy) is 2. The van der Waals surface area contributed by atoms with E-state index in [-0.39, 0.29) is 0 Å². The van der Waals surface area contributed by atoms with E-state index in [1.165, 1.54) is 0 Å². The maximum Gasteiger partial charge on any atom is 0.162 e. The highest BCUT2D eigenvalue weighted by Gasteiger charge is 2.11. The van der Waals surface area contributed by atoms with E-state index in [0.29, 0.717) is 19.8 Å². The third kappa shape index (κ3) is 5.74. The first-order valence-corrected chi connectivity index (χ1v) is 9.71. The number of para-hydroxylation sites is 1. The van der Waals surface area contributed by atoms with Gasteiger partial charge in [0.1, 0.15) is 6.61 Å². The van der Waals surface area contributed by atoms with Crippen molar-refractivity contribution >= 4 is 21.6 Å². The number of hydrogen-bond acceptors (Lipinski definition) is 4. The minimum absolute atomic E-state index is 0.501. The number of hydrazine groups is 1. The minimum Gasteiger partial charge on any atom is -0.490 e. The SMILES string of the molecule is CCOc1cc(CNNc2ccccc2)c(Br)cc1OCc1ccccc1. The van der Waals surface area contributed by atoms with Crippen LogP contribution < -0.4 is 20.3 Å². The molecule has 0 heterocycles. The van der Waals surface area contributed by atoms with Gasteiger partial charge in [-0.1, -0.05) is 64.5 Å². The Morgan fingerprint density at radius 3 is 2.22 bits per heavy atom. The lowest BCUT2D eigenvalue weighted by Gasteiger charge is -2.16. The number of benzene rings is 3. The second kappa shape index (κ2) is 10.00. The van der Waals surface area contributed by atoms with Crippen LogP contribution in [0.3, 0.4) is 0 Å². The van der Waals surface area contributed by atoms with E-state index in [2.05, 4.69) is 26.8 Å². The van der Waals surface area contributed by atoms with Gasteiger partial charge in [-0.3, -0.25) is 0 Å². The Bertz CT molecular complexity index is 842. The van der Waals surface area contributed by atoms with E-state index in [1.807, 2.05) is 79.7 Å². The van der Waals surface area contributed by atoms with Crippen molar-refractivity contribution in [3.8, 4) is 11.5 Å². The van der Waals surface area contributed by atoms with Crippen LogP contribution in [0.5, 0.6) is 11.5 Å². The lowest BCUT2D eigenvalue weighted by Crippen LogP contribution is -2.21. The Hall–Kier alpha value is -2.50. The first-order chi connectivity index (χ1) is 13.3. The van der Waals surface area contributed by atoms with Crippen molar-refractivity contribution in [2.24, 2.45) is 0 Å². The Labute approximate surface area is 168 Å². The molecule has 0 aromatic heterocycles. The second-order valence-electron chi connectivity index (χ2n) is 5.94. The number of anilines is 1. The lowest BCUT2D eigenvalue weighted by molar-refractivity contribution is 0.269. The molecular weight excluding hydrogens is 404 g/mol. The molecule has 0 fully saturated rings. The van der Waals surface area contributed by atoms with Crippen LogP contribution in [-0.4, -0.2) is 6.61 Å². The molecule has 0 amide bonds. The molecule has 0 atom stereocenters. The largest absolute Gasteiger partial charge is 0.490 e. The third-order valence-electron chi connectivity index (χ3n) is 3.94. The standard InChI is InChI=1S/C22H23BrN2O2/c1-2-26-21-13-18(15-24-25-19-11-7-4-8-12-19)20(23)14-22(21)27-16-17-9-5-3-6-10-17/h3-14,24-25H,2,15-16H2,1H3. The van der Waals surface area contributed by atoms with Crippen LogP contribution in [0.2, 0.25) is 0 Å². The Morgan fingerprint density at radius 1 is 0.852 bits per heavy atom. The van der Waals surface area contributed by atoms with Gasteiger partial charge in [0.25, 0.3) is 0 Å². The second-order valence-corrected chi connectivity index (χ2v) is 6.80. The molecule has 3 aromatic rings. The summed E-state index contributed by atoms with van der Waals surface area (Å²) in [6.45, 7) is 3.69. The van der Waals surface area contributed by atoms with Crippen LogP contribution in [0.25, 0.3) is 0 Å². The Kier molecular flexibility index (Phi) is 7.13. The summed E-state index contributed by atoms with van der Waals surface area (Å²) in [5.74, 6) is 1.47. The molecule has 4 nitrogen and oxygen atoms in total. The predicted octanol–water partition coefficient (Wildman–Crippen LogP) is 5.54. The molecular formula is C22H23BrN2O2. The maximum absolute atomic E-state index is 5.99. The molecule has 0 aliphatic carbocycles. The van der Waals surface area contributed by atoms with Crippen molar-refractivity contribution in [2.75, 3.05) is 12.0 Å². The number of halogens is 1. The van der Waals surface area contributed by atoms with Crippen LogP contribution in [0.4, 0.5) is 5.69 Å². The molecule has 0 aliphatic rings. The smallest absolute Gasteiger partial charge is 0.162 e.